The summed E-state index contributed by atoms with van der Waals surface area (Å²) in [5.41, 5.74) is 1.36. The summed E-state index contributed by atoms with van der Waals surface area (Å²) < 4.78 is 0. The van der Waals surface area contributed by atoms with Crippen LogP contribution in [0.1, 0.15) is 76.7 Å². The fraction of sp³-hybridized carbons (Fsp3) is 0.667. The zero-order chi connectivity index (χ0) is 13.8. The minimum Gasteiger partial charge on any atom is -0.0798 e. The maximum Gasteiger partial charge on any atom is 0.0409 e. The lowest BCUT2D eigenvalue weighted by Crippen LogP contribution is -1.88. The van der Waals surface area contributed by atoms with Crippen molar-refractivity contribution in [2.75, 3.05) is 0 Å². The molecule has 0 unspecified atom stereocenters. The molecule has 0 aliphatic rings. The number of rotatable bonds is 11. The van der Waals surface area contributed by atoms with Crippen LogP contribution in [0, 0.1) is 0 Å². The monoisotopic (exact) mass is 277 g/mol. The molecule has 0 heterocycles. The normalized spacial score (nSPS) is 10.8. The summed E-state index contributed by atoms with van der Waals surface area (Å²) in [6.45, 7) is 2.28. The Morgan fingerprint density at radius 2 is 1.26 bits per heavy atom. The topological polar surface area (TPSA) is 0 Å². The number of unbranched alkanes of at least 4 members (excludes halogenated alkanes) is 9. The Kier molecular flexibility index (Phi) is 9.79. The first-order chi connectivity index (χ1) is 9.34. The van der Waals surface area contributed by atoms with Crippen molar-refractivity contribution in [3.8, 4) is 0 Å². The maximum atomic E-state index is 5.32. The Bertz CT molecular complexity index is 319. The van der Waals surface area contributed by atoms with E-state index in [-0.39, 0.29) is 0 Å². The third-order valence-corrected chi connectivity index (χ3v) is 4.17. The first kappa shape index (κ1) is 16.5. The molecular formula is C18H29S. The van der Waals surface area contributed by atoms with E-state index in [9.17, 15) is 0 Å². The van der Waals surface area contributed by atoms with Crippen molar-refractivity contribution in [2.24, 2.45) is 0 Å². The summed E-state index contributed by atoms with van der Waals surface area (Å²) in [5.74, 6) is 0. The molecule has 1 heteroatoms. The van der Waals surface area contributed by atoms with E-state index in [1.54, 1.807) is 0 Å². The fourth-order valence-electron chi connectivity index (χ4n) is 2.51. The van der Waals surface area contributed by atoms with Crippen LogP contribution in [-0.2, 0) is 6.42 Å². The van der Waals surface area contributed by atoms with Gasteiger partial charge in [0.15, 0.2) is 0 Å². The van der Waals surface area contributed by atoms with Gasteiger partial charge < -0.3 is 0 Å². The van der Waals surface area contributed by atoms with Crippen LogP contribution >= 0.6 is 12.6 Å². The van der Waals surface area contributed by atoms with Crippen molar-refractivity contribution in [3.63, 3.8) is 0 Å². The molecule has 0 bridgehead atoms. The lowest BCUT2D eigenvalue weighted by molar-refractivity contribution is 0.556. The highest BCUT2D eigenvalue weighted by Gasteiger charge is 1.98. The SMILES string of the molecule is CCCCCCCCCCCCc1ccccc1[S]. The van der Waals surface area contributed by atoms with E-state index < -0.39 is 0 Å². The summed E-state index contributed by atoms with van der Waals surface area (Å²) in [6, 6.07) is 8.35. The van der Waals surface area contributed by atoms with Gasteiger partial charge in [0.2, 0.25) is 0 Å². The van der Waals surface area contributed by atoms with Crippen molar-refractivity contribution >= 4 is 12.6 Å². The zero-order valence-electron chi connectivity index (χ0n) is 12.5. The van der Waals surface area contributed by atoms with Crippen LogP contribution < -0.4 is 0 Å². The van der Waals surface area contributed by atoms with Crippen molar-refractivity contribution in [2.45, 2.75) is 82.4 Å². The molecule has 0 spiro atoms. The van der Waals surface area contributed by atoms with Gasteiger partial charge in [-0.2, -0.15) is 0 Å². The van der Waals surface area contributed by atoms with Crippen LogP contribution in [0.15, 0.2) is 29.2 Å². The maximum absolute atomic E-state index is 5.32. The summed E-state index contributed by atoms with van der Waals surface area (Å²) in [7, 11) is 0. The molecule has 0 amide bonds. The van der Waals surface area contributed by atoms with Crippen molar-refractivity contribution < 1.29 is 0 Å². The Hall–Kier alpha value is -0.560. The van der Waals surface area contributed by atoms with Crippen LogP contribution in [0.2, 0.25) is 0 Å². The highest BCUT2D eigenvalue weighted by atomic mass is 32.1. The second-order valence-electron chi connectivity index (χ2n) is 5.54. The van der Waals surface area contributed by atoms with Gasteiger partial charge in [0.05, 0.1) is 0 Å². The van der Waals surface area contributed by atoms with E-state index in [1.165, 1.54) is 69.8 Å². The molecular weight excluding hydrogens is 248 g/mol. The number of hydrogen-bond donors (Lipinski definition) is 0. The predicted octanol–water partition coefficient (Wildman–Crippen LogP) is 6.71. The molecule has 0 N–H and O–H groups in total. The second-order valence-corrected chi connectivity index (χ2v) is 5.98. The molecule has 1 radical (unpaired) electrons. The highest BCUT2D eigenvalue weighted by molar-refractivity contribution is 7.80. The third kappa shape index (κ3) is 8.26. The van der Waals surface area contributed by atoms with Crippen LogP contribution in [-0.4, -0.2) is 0 Å². The van der Waals surface area contributed by atoms with Crippen LogP contribution in [0.4, 0.5) is 0 Å². The largest absolute Gasteiger partial charge is 0.0798 e. The lowest BCUT2D eigenvalue weighted by Gasteiger charge is -2.04. The molecule has 1 aromatic carbocycles. The first-order valence-corrected chi connectivity index (χ1v) is 8.50. The van der Waals surface area contributed by atoms with Gasteiger partial charge in [-0.1, -0.05) is 95.5 Å². The smallest absolute Gasteiger partial charge is 0.0409 e. The highest BCUT2D eigenvalue weighted by Crippen LogP contribution is 2.17. The lowest BCUT2D eigenvalue weighted by atomic mass is 10.0. The van der Waals surface area contributed by atoms with Crippen LogP contribution in [0.25, 0.3) is 0 Å². The number of aryl methyl sites for hydroxylation is 1. The molecule has 0 atom stereocenters. The molecule has 1 aromatic rings. The summed E-state index contributed by atoms with van der Waals surface area (Å²) in [5, 5.41) is 0. The van der Waals surface area contributed by atoms with Gasteiger partial charge in [-0.05, 0) is 24.5 Å². The van der Waals surface area contributed by atoms with Gasteiger partial charge in [-0.25, -0.2) is 0 Å². The van der Waals surface area contributed by atoms with Crippen molar-refractivity contribution in [1.82, 2.24) is 0 Å². The van der Waals surface area contributed by atoms with E-state index in [1.807, 2.05) is 12.1 Å². The van der Waals surface area contributed by atoms with Gasteiger partial charge >= 0.3 is 0 Å². The van der Waals surface area contributed by atoms with Crippen molar-refractivity contribution in [1.29, 1.82) is 0 Å². The first-order valence-electron chi connectivity index (χ1n) is 8.09. The van der Waals surface area contributed by atoms with E-state index >= 15 is 0 Å². The summed E-state index contributed by atoms with van der Waals surface area (Å²) >= 11 is 5.32. The molecule has 0 saturated heterocycles. The Balaban J connectivity index is 1.90. The zero-order valence-corrected chi connectivity index (χ0v) is 13.3. The van der Waals surface area contributed by atoms with Crippen LogP contribution in [0.3, 0.4) is 0 Å². The van der Waals surface area contributed by atoms with Gasteiger partial charge in [0.25, 0.3) is 0 Å². The van der Waals surface area contributed by atoms with E-state index in [2.05, 4.69) is 19.1 Å². The molecule has 107 valence electrons. The quantitative estimate of drug-likeness (QED) is 0.394. The van der Waals surface area contributed by atoms with E-state index in [0.717, 1.165) is 11.3 Å². The predicted molar refractivity (Wildman–Crippen MR) is 87.8 cm³/mol. The standard InChI is InChI=1S/C18H29S/c1-2-3-4-5-6-7-8-9-10-11-14-17-15-12-13-16-18(17)19/h12-13,15-16H,2-11,14H2,1H3. The molecule has 0 aromatic heterocycles. The minimum absolute atomic E-state index is 1.04. The van der Waals surface area contributed by atoms with Gasteiger partial charge in [0.1, 0.15) is 0 Å². The van der Waals surface area contributed by atoms with Crippen LogP contribution in [0.5, 0.6) is 0 Å². The molecule has 0 saturated carbocycles. The molecule has 1 rings (SSSR count). The third-order valence-electron chi connectivity index (χ3n) is 3.77. The fourth-order valence-corrected chi connectivity index (χ4v) is 2.76. The number of benzene rings is 1. The number of hydrogen-bond acceptors (Lipinski definition) is 0. The van der Waals surface area contributed by atoms with Gasteiger partial charge in [-0.3, -0.25) is 0 Å². The molecule has 0 aliphatic carbocycles. The summed E-state index contributed by atoms with van der Waals surface area (Å²) in [6.07, 6.45) is 15.2. The van der Waals surface area contributed by atoms with E-state index in [0.29, 0.717) is 0 Å². The molecule has 0 aliphatic heterocycles. The second kappa shape index (κ2) is 11.3. The summed E-state index contributed by atoms with van der Waals surface area (Å²) in [4.78, 5) is 1.04. The minimum atomic E-state index is 1.04. The van der Waals surface area contributed by atoms with E-state index in [4.69, 9.17) is 12.6 Å². The van der Waals surface area contributed by atoms with Crippen molar-refractivity contribution in [3.05, 3.63) is 29.8 Å². The Morgan fingerprint density at radius 1 is 0.737 bits per heavy atom. The average Bonchev–Trinajstić information content (AvgIpc) is 2.43. The Labute approximate surface area is 125 Å². The molecule has 0 nitrogen and oxygen atoms in total. The van der Waals surface area contributed by atoms with Gasteiger partial charge in [0, 0.05) is 4.90 Å². The average molecular weight is 277 g/mol. The molecule has 0 fully saturated rings. The molecule has 19 heavy (non-hydrogen) atoms. The van der Waals surface area contributed by atoms with Gasteiger partial charge in [-0.15, -0.1) is 0 Å². The Morgan fingerprint density at radius 3 is 1.84 bits per heavy atom.